The van der Waals surface area contributed by atoms with E-state index in [1.165, 1.54) is 4.90 Å². The van der Waals surface area contributed by atoms with Crippen LogP contribution in [-0.4, -0.2) is 65.7 Å². The maximum Gasteiger partial charge on any atom is 0.326 e. The Kier molecular flexibility index (Phi) is 6.62. The van der Waals surface area contributed by atoms with Crippen LogP contribution in [-0.2, 0) is 4.79 Å². The van der Waals surface area contributed by atoms with Crippen molar-refractivity contribution < 1.29 is 14.7 Å². The van der Waals surface area contributed by atoms with E-state index in [1.807, 2.05) is 0 Å². The van der Waals surface area contributed by atoms with Gasteiger partial charge in [-0.2, -0.15) is 0 Å². The Morgan fingerprint density at radius 2 is 2.11 bits per heavy atom. The Hall–Kier alpha value is -1.30. The first kappa shape index (κ1) is 15.8. The molecule has 1 aliphatic rings. The molecule has 0 spiro atoms. The van der Waals surface area contributed by atoms with Gasteiger partial charge < -0.3 is 20.2 Å². The van der Waals surface area contributed by atoms with Crippen LogP contribution in [0.25, 0.3) is 0 Å². The van der Waals surface area contributed by atoms with E-state index < -0.39 is 12.0 Å². The number of carbonyl (C=O) groups is 2. The summed E-state index contributed by atoms with van der Waals surface area (Å²) in [5.41, 5.74) is 0. The number of carbonyl (C=O) groups excluding carboxylic acids is 1. The number of likely N-dealkylation sites (N-methyl/N-ethyl adjacent to an activating group) is 1. The second-order valence-electron chi connectivity index (χ2n) is 4.86. The molecule has 0 aromatic heterocycles. The number of urea groups is 1. The summed E-state index contributed by atoms with van der Waals surface area (Å²) >= 11 is 0. The van der Waals surface area contributed by atoms with E-state index in [2.05, 4.69) is 24.1 Å². The lowest BCUT2D eigenvalue weighted by molar-refractivity contribution is -0.141. The zero-order valence-corrected chi connectivity index (χ0v) is 11.9. The van der Waals surface area contributed by atoms with E-state index in [0.29, 0.717) is 19.5 Å². The highest BCUT2D eigenvalue weighted by molar-refractivity contribution is 5.83. The molecule has 1 rings (SSSR count). The molecule has 0 bridgehead atoms. The minimum Gasteiger partial charge on any atom is -0.480 e. The van der Waals surface area contributed by atoms with Crippen LogP contribution < -0.4 is 5.32 Å². The van der Waals surface area contributed by atoms with Crippen LogP contribution in [0.4, 0.5) is 4.79 Å². The Labute approximate surface area is 114 Å². The Morgan fingerprint density at radius 1 is 1.37 bits per heavy atom. The summed E-state index contributed by atoms with van der Waals surface area (Å²) < 4.78 is 0. The summed E-state index contributed by atoms with van der Waals surface area (Å²) in [5, 5.41) is 11.8. The van der Waals surface area contributed by atoms with Crippen molar-refractivity contribution in [3.63, 3.8) is 0 Å². The molecule has 1 atom stereocenters. The molecule has 0 aromatic rings. The fourth-order valence-corrected chi connectivity index (χ4v) is 2.43. The maximum absolute atomic E-state index is 11.9. The molecule has 2 amide bonds. The van der Waals surface area contributed by atoms with Crippen molar-refractivity contribution in [2.75, 3.05) is 32.7 Å². The van der Waals surface area contributed by atoms with Gasteiger partial charge in [-0.1, -0.05) is 13.8 Å². The number of nitrogens with zero attached hydrogens (tertiary/aromatic N) is 2. The van der Waals surface area contributed by atoms with Crippen molar-refractivity contribution in [3.05, 3.63) is 0 Å². The van der Waals surface area contributed by atoms with Crippen molar-refractivity contribution in [1.82, 2.24) is 15.1 Å². The third kappa shape index (κ3) is 4.70. The highest BCUT2D eigenvalue weighted by Crippen LogP contribution is 2.17. The molecule has 1 heterocycles. The highest BCUT2D eigenvalue weighted by Gasteiger charge is 2.33. The minimum atomic E-state index is -0.909. The quantitative estimate of drug-likeness (QED) is 0.724. The van der Waals surface area contributed by atoms with Gasteiger partial charge >= 0.3 is 12.0 Å². The van der Waals surface area contributed by atoms with Gasteiger partial charge in [0.1, 0.15) is 6.04 Å². The van der Waals surface area contributed by atoms with Gasteiger partial charge in [0, 0.05) is 19.6 Å². The predicted molar refractivity (Wildman–Crippen MR) is 73.2 cm³/mol. The fourth-order valence-electron chi connectivity index (χ4n) is 2.43. The van der Waals surface area contributed by atoms with Crippen LogP contribution in [0.3, 0.4) is 0 Å². The lowest BCUT2D eigenvalue weighted by Gasteiger charge is -2.24. The van der Waals surface area contributed by atoms with E-state index in [1.54, 1.807) is 0 Å². The molecule has 19 heavy (non-hydrogen) atoms. The zero-order chi connectivity index (χ0) is 14.3. The van der Waals surface area contributed by atoms with Gasteiger partial charge in [0.25, 0.3) is 0 Å². The van der Waals surface area contributed by atoms with Gasteiger partial charge in [-0.25, -0.2) is 9.59 Å². The average molecular weight is 271 g/mol. The standard InChI is InChI=1S/C13H25N3O3/c1-3-8-15(4-2)10-7-14-13(19)16-9-5-6-11(16)12(17)18/h11H,3-10H2,1-2H3,(H,14,19)(H,17,18). The smallest absolute Gasteiger partial charge is 0.326 e. The lowest BCUT2D eigenvalue weighted by Crippen LogP contribution is -2.47. The summed E-state index contributed by atoms with van der Waals surface area (Å²) in [5.74, 6) is -0.909. The second-order valence-corrected chi connectivity index (χ2v) is 4.86. The fraction of sp³-hybridized carbons (Fsp3) is 0.846. The van der Waals surface area contributed by atoms with E-state index >= 15 is 0 Å². The lowest BCUT2D eigenvalue weighted by atomic mass is 10.2. The summed E-state index contributed by atoms with van der Waals surface area (Å²) in [6, 6.07) is -0.907. The monoisotopic (exact) mass is 271 g/mol. The van der Waals surface area contributed by atoms with E-state index in [4.69, 9.17) is 5.11 Å². The topological polar surface area (TPSA) is 72.9 Å². The first-order valence-electron chi connectivity index (χ1n) is 7.09. The summed E-state index contributed by atoms with van der Waals surface area (Å²) in [7, 11) is 0. The van der Waals surface area contributed by atoms with Gasteiger partial charge in [-0.15, -0.1) is 0 Å². The van der Waals surface area contributed by atoms with Crippen molar-refractivity contribution in [2.24, 2.45) is 0 Å². The van der Waals surface area contributed by atoms with Crippen LogP contribution in [0.5, 0.6) is 0 Å². The maximum atomic E-state index is 11.9. The van der Waals surface area contributed by atoms with Gasteiger partial charge in [-0.3, -0.25) is 0 Å². The van der Waals surface area contributed by atoms with Gasteiger partial charge in [0.2, 0.25) is 0 Å². The molecule has 1 saturated heterocycles. The van der Waals surface area contributed by atoms with E-state index in [9.17, 15) is 9.59 Å². The molecular weight excluding hydrogens is 246 g/mol. The molecule has 2 N–H and O–H groups in total. The van der Waals surface area contributed by atoms with Crippen LogP contribution in [0.2, 0.25) is 0 Å². The largest absolute Gasteiger partial charge is 0.480 e. The number of hydrogen-bond acceptors (Lipinski definition) is 3. The number of likely N-dealkylation sites (tertiary alicyclic amines) is 1. The number of nitrogens with one attached hydrogen (secondary N) is 1. The zero-order valence-electron chi connectivity index (χ0n) is 11.9. The third-order valence-electron chi connectivity index (χ3n) is 3.49. The molecule has 6 heteroatoms. The molecule has 0 radical (unpaired) electrons. The Morgan fingerprint density at radius 3 is 2.68 bits per heavy atom. The molecule has 110 valence electrons. The molecule has 0 aromatic carbocycles. The molecule has 1 fully saturated rings. The second kappa shape index (κ2) is 7.99. The summed E-state index contributed by atoms with van der Waals surface area (Å²) in [6.45, 7) is 8.12. The van der Waals surface area contributed by atoms with E-state index in [-0.39, 0.29) is 6.03 Å². The van der Waals surface area contributed by atoms with Crippen LogP contribution in [0.1, 0.15) is 33.1 Å². The van der Waals surface area contributed by atoms with Crippen LogP contribution >= 0.6 is 0 Å². The normalized spacial score (nSPS) is 18.9. The minimum absolute atomic E-state index is 0.252. The molecule has 6 nitrogen and oxygen atoms in total. The summed E-state index contributed by atoms with van der Waals surface area (Å²) in [4.78, 5) is 26.6. The van der Waals surface area contributed by atoms with E-state index in [0.717, 1.165) is 32.5 Å². The Balaban J connectivity index is 2.32. The number of carboxylic acids is 1. The molecular formula is C13H25N3O3. The summed E-state index contributed by atoms with van der Waals surface area (Å²) in [6.07, 6.45) is 2.41. The molecule has 0 saturated carbocycles. The number of carboxylic acid groups (broad SMARTS) is 1. The van der Waals surface area contributed by atoms with Crippen molar-refractivity contribution in [2.45, 2.75) is 39.2 Å². The van der Waals surface area contributed by atoms with Crippen molar-refractivity contribution in [1.29, 1.82) is 0 Å². The van der Waals surface area contributed by atoms with Gasteiger partial charge in [0.15, 0.2) is 0 Å². The number of hydrogen-bond donors (Lipinski definition) is 2. The van der Waals surface area contributed by atoms with Crippen molar-refractivity contribution >= 4 is 12.0 Å². The van der Waals surface area contributed by atoms with Crippen LogP contribution in [0, 0.1) is 0 Å². The first-order valence-corrected chi connectivity index (χ1v) is 7.09. The SMILES string of the molecule is CCCN(CC)CCNC(=O)N1CCCC1C(=O)O. The first-order chi connectivity index (χ1) is 9.10. The van der Waals surface area contributed by atoms with Crippen LogP contribution in [0.15, 0.2) is 0 Å². The van der Waals surface area contributed by atoms with Gasteiger partial charge in [-0.05, 0) is 32.4 Å². The number of aliphatic carboxylic acids is 1. The molecule has 0 aliphatic carbocycles. The molecule has 1 aliphatic heterocycles. The predicted octanol–water partition coefficient (Wildman–Crippen LogP) is 0.977. The highest BCUT2D eigenvalue weighted by atomic mass is 16.4. The average Bonchev–Trinajstić information content (AvgIpc) is 2.86. The third-order valence-corrected chi connectivity index (χ3v) is 3.49. The molecule has 1 unspecified atom stereocenters. The number of rotatable bonds is 7. The Bertz CT molecular complexity index is 310. The van der Waals surface area contributed by atoms with Gasteiger partial charge in [0.05, 0.1) is 0 Å². The number of amides is 2. The van der Waals surface area contributed by atoms with Crippen molar-refractivity contribution in [3.8, 4) is 0 Å².